The Bertz CT molecular complexity index is 445. The summed E-state index contributed by atoms with van der Waals surface area (Å²) in [6.07, 6.45) is 0. The van der Waals surface area contributed by atoms with Crippen LogP contribution < -0.4 is 10.1 Å². The van der Waals surface area contributed by atoms with E-state index in [9.17, 15) is 9.90 Å². The summed E-state index contributed by atoms with van der Waals surface area (Å²) in [5.74, 6) is 0.937. The lowest BCUT2D eigenvalue weighted by Gasteiger charge is -2.21. The molecule has 1 aromatic carbocycles. The molecule has 0 spiro atoms. The SMILES string of the molecule is CCN(CC)C(=O)CNC(C)c1cc(OC)ccc1O. The third-order valence-corrected chi connectivity index (χ3v) is 3.38. The van der Waals surface area contributed by atoms with Crippen LogP contribution in [0, 0.1) is 0 Å². The molecule has 0 aromatic heterocycles. The van der Waals surface area contributed by atoms with E-state index in [0.717, 1.165) is 5.56 Å². The van der Waals surface area contributed by atoms with Crippen molar-refractivity contribution in [1.29, 1.82) is 0 Å². The second kappa shape index (κ2) is 7.75. The molecule has 0 fully saturated rings. The fourth-order valence-electron chi connectivity index (χ4n) is 2.04. The maximum atomic E-state index is 11.9. The number of hydrogen-bond acceptors (Lipinski definition) is 4. The van der Waals surface area contributed by atoms with Gasteiger partial charge >= 0.3 is 0 Å². The molecule has 0 radical (unpaired) electrons. The molecule has 20 heavy (non-hydrogen) atoms. The molecule has 112 valence electrons. The van der Waals surface area contributed by atoms with Crippen LogP contribution >= 0.6 is 0 Å². The molecule has 5 nitrogen and oxygen atoms in total. The zero-order valence-corrected chi connectivity index (χ0v) is 12.6. The predicted octanol–water partition coefficient (Wildman–Crippen LogP) is 1.92. The van der Waals surface area contributed by atoms with E-state index in [1.807, 2.05) is 20.8 Å². The lowest BCUT2D eigenvalue weighted by molar-refractivity contribution is -0.129. The van der Waals surface area contributed by atoms with Crippen molar-refractivity contribution in [3.8, 4) is 11.5 Å². The first kappa shape index (κ1) is 16.3. The average molecular weight is 280 g/mol. The van der Waals surface area contributed by atoms with Gasteiger partial charge in [0, 0.05) is 24.7 Å². The van der Waals surface area contributed by atoms with Crippen LogP contribution in [0.1, 0.15) is 32.4 Å². The molecule has 1 rings (SSSR count). The first-order valence-corrected chi connectivity index (χ1v) is 6.91. The first-order chi connectivity index (χ1) is 9.53. The van der Waals surface area contributed by atoms with Crippen molar-refractivity contribution in [1.82, 2.24) is 10.2 Å². The van der Waals surface area contributed by atoms with Gasteiger partial charge in [0.05, 0.1) is 13.7 Å². The molecule has 5 heteroatoms. The maximum absolute atomic E-state index is 11.9. The minimum atomic E-state index is -0.135. The molecule has 0 aliphatic heterocycles. The molecule has 1 atom stereocenters. The minimum Gasteiger partial charge on any atom is -0.508 e. The Kier molecular flexibility index (Phi) is 6.31. The van der Waals surface area contributed by atoms with Gasteiger partial charge in [-0.15, -0.1) is 0 Å². The Morgan fingerprint density at radius 1 is 1.40 bits per heavy atom. The Morgan fingerprint density at radius 3 is 2.60 bits per heavy atom. The van der Waals surface area contributed by atoms with Gasteiger partial charge in [0.1, 0.15) is 11.5 Å². The second-order valence-electron chi connectivity index (χ2n) is 4.59. The predicted molar refractivity (Wildman–Crippen MR) is 79.0 cm³/mol. The lowest BCUT2D eigenvalue weighted by Crippen LogP contribution is -2.38. The van der Waals surface area contributed by atoms with E-state index in [-0.39, 0.29) is 24.2 Å². The van der Waals surface area contributed by atoms with E-state index in [0.29, 0.717) is 18.8 Å². The number of nitrogens with one attached hydrogen (secondary N) is 1. The van der Waals surface area contributed by atoms with Gasteiger partial charge in [-0.25, -0.2) is 0 Å². The Morgan fingerprint density at radius 2 is 2.05 bits per heavy atom. The van der Waals surface area contributed by atoms with Gasteiger partial charge in [0.25, 0.3) is 0 Å². The fourth-order valence-corrected chi connectivity index (χ4v) is 2.04. The van der Waals surface area contributed by atoms with E-state index in [4.69, 9.17) is 4.74 Å². The summed E-state index contributed by atoms with van der Waals surface area (Å²) in [6.45, 7) is 7.48. The zero-order chi connectivity index (χ0) is 15.1. The fraction of sp³-hybridized carbons (Fsp3) is 0.533. The van der Waals surface area contributed by atoms with Crippen molar-refractivity contribution < 1.29 is 14.6 Å². The van der Waals surface area contributed by atoms with Crippen LogP contribution in [-0.4, -0.2) is 42.7 Å². The molecule has 0 aliphatic carbocycles. The van der Waals surface area contributed by atoms with E-state index >= 15 is 0 Å². The van der Waals surface area contributed by atoms with Crippen LogP contribution in [0.3, 0.4) is 0 Å². The number of amides is 1. The third kappa shape index (κ3) is 4.13. The summed E-state index contributed by atoms with van der Waals surface area (Å²) in [6, 6.07) is 4.93. The number of aromatic hydroxyl groups is 1. The summed E-state index contributed by atoms with van der Waals surface area (Å²) in [5.41, 5.74) is 0.719. The summed E-state index contributed by atoms with van der Waals surface area (Å²) in [7, 11) is 1.58. The molecule has 0 heterocycles. The lowest BCUT2D eigenvalue weighted by atomic mass is 10.1. The Balaban J connectivity index is 2.67. The minimum absolute atomic E-state index is 0.0595. The molecular weight excluding hydrogens is 256 g/mol. The van der Waals surface area contributed by atoms with E-state index in [1.54, 1.807) is 30.2 Å². The van der Waals surface area contributed by atoms with Gasteiger partial charge in [-0.3, -0.25) is 4.79 Å². The average Bonchev–Trinajstić information content (AvgIpc) is 2.46. The van der Waals surface area contributed by atoms with E-state index in [1.165, 1.54) is 0 Å². The number of hydrogen-bond donors (Lipinski definition) is 2. The molecule has 0 bridgehead atoms. The molecular formula is C15H24N2O3. The largest absolute Gasteiger partial charge is 0.508 e. The number of phenols is 1. The number of benzene rings is 1. The number of ether oxygens (including phenoxy) is 1. The number of phenolic OH excluding ortho intramolecular Hbond substituents is 1. The van der Waals surface area contributed by atoms with Crippen molar-refractivity contribution in [2.75, 3.05) is 26.7 Å². The maximum Gasteiger partial charge on any atom is 0.236 e. The number of methoxy groups -OCH3 is 1. The second-order valence-corrected chi connectivity index (χ2v) is 4.59. The van der Waals surface area contributed by atoms with Crippen molar-refractivity contribution in [3.05, 3.63) is 23.8 Å². The number of nitrogens with zero attached hydrogens (tertiary/aromatic N) is 1. The number of carbonyl (C=O) groups excluding carboxylic acids is 1. The Labute approximate surface area is 120 Å². The van der Waals surface area contributed by atoms with E-state index in [2.05, 4.69) is 5.32 Å². The van der Waals surface area contributed by atoms with Gasteiger partial charge < -0.3 is 20.1 Å². The van der Waals surface area contributed by atoms with Crippen LogP contribution in [0.15, 0.2) is 18.2 Å². The van der Waals surface area contributed by atoms with Gasteiger partial charge in [0.2, 0.25) is 5.91 Å². The molecule has 1 aromatic rings. The third-order valence-electron chi connectivity index (χ3n) is 3.38. The van der Waals surface area contributed by atoms with Gasteiger partial charge in [0.15, 0.2) is 0 Å². The smallest absolute Gasteiger partial charge is 0.236 e. The van der Waals surface area contributed by atoms with Crippen LogP contribution in [0.2, 0.25) is 0 Å². The highest BCUT2D eigenvalue weighted by molar-refractivity contribution is 5.78. The summed E-state index contributed by atoms with van der Waals surface area (Å²) in [4.78, 5) is 13.7. The molecule has 0 aliphatic rings. The van der Waals surface area contributed by atoms with Crippen molar-refractivity contribution in [2.24, 2.45) is 0 Å². The normalized spacial score (nSPS) is 12.0. The van der Waals surface area contributed by atoms with Crippen LogP contribution in [-0.2, 0) is 4.79 Å². The highest BCUT2D eigenvalue weighted by Crippen LogP contribution is 2.28. The molecule has 1 unspecified atom stereocenters. The quantitative estimate of drug-likeness (QED) is 0.801. The first-order valence-electron chi connectivity index (χ1n) is 6.91. The van der Waals surface area contributed by atoms with Gasteiger partial charge in [-0.2, -0.15) is 0 Å². The van der Waals surface area contributed by atoms with Crippen molar-refractivity contribution >= 4 is 5.91 Å². The number of likely N-dealkylation sites (N-methyl/N-ethyl adjacent to an activating group) is 1. The molecule has 1 amide bonds. The van der Waals surface area contributed by atoms with Crippen LogP contribution in [0.4, 0.5) is 0 Å². The molecule has 0 saturated heterocycles. The highest BCUT2D eigenvalue weighted by Gasteiger charge is 2.14. The summed E-state index contributed by atoms with van der Waals surface area (Å²) in [5, 5.41) is 13.0. The summed E-state index contributed by atoms with van der Waals surface area (Å²) < 4.78 is 5.14. The van der Waals surface area contributed by atoms with Gasteiger partial charge in [-0.05, 0) is 39.0 Å². The monoisotopic (exact) mass is 280 g/mol. The number of carbonyl (C=O) groups is 1. The van der Waals surface area contributed by atoms with E-state index < -0.39 is 0 Å². The van der Waals surface area contributed by atoms with Crippen molar-refractivity contribution in [2.45, 2.75) is 26.8 Å². The number of rotatable bonds is 7. The van der Waals surface area contributed by atoms with Crippen molar-refractivity contribution in [3.63, 3.8) is 0 Å². The standard InChI is InChI=1S/C15H24N2O3/c1-5-17(6-2)15(19)10-16-11(3)13-9-12(20-4)7-8-14(13)18/h7-9,11,16,18H,5-6,10H2,1-4H3. The summed E-state index contributed by atoms with van der Waals surface area (Å²) >= 11 is 0. The molecule has 0 saturated carbocycles. The van der Waals surface area contributed by atoms with Crippen LogP contribution in [0.25, 0.3) is 0 Å². The van der Waals surface area contributed by atoms with Gasteiger partial charge in [-0.1, -0.05) is 0 Å². The molecule has 2 N–H and O–H groups in total. The van der Waals surface area contributed by atoms with Crippen LogP contribution in [0.5, 0.6) is 11.5 Å². The zero-order valence-electron chi connectivity index (χ0n) is 12.6. The highest BCUT2D eigenvalue weighted by atomic mass is 16.5. The Hall–Kier alpha value is -1.75. The topological polar surface area (TPSA) is 61.8 Å².